The molecule has 0 saturated carbocycles. The van der Waals surface area contributed by atoms with E-state index in [9.17, 15) is 0 Å². The van der Waals surface area contributed by atoms with Crippen molar-refractivity contribution in [1.82, 2.24) is 10.2 Å². The van der Waals surface area contributed by atoms with E-state index in [1.807, 2.05) is 0 Å². The summed E-state index contributed by atoms with van der Waals surface area (Å²) in [5.74, 6) is 0.878. The molecule has 0 spiro atoms. The summed E-state index contributed by atoms with van der Waals surface area (Å²) in [7, 11) is 0. The molecular formula is C14H20N2. The number of benzene rings is 1. The van der Waals surface area contributed by atoms with Gasteiger partial charge in [0.2, 0.25) is 0 Å². The summed E-state index contributed by atoms with van der Waals surface area (Å²) in [5, 5.41) is 3.60. The third-order valence-corrected chi connectivity index (χ3v) is 4.23. The summed E-state index contributed by atoms with van der Waals surface area (Å²) in [6.07, 6.45) is 1.37. The average molecular weight is 216 g/mol. The zero-order chi connectivity index (χ0) is 11.0. The summed E-state index contributed by atoms with van der Waals surface area (Å²) in [5.41, 5.74) is 1.45. The van der Waals surface area contributed by atoms with Gasteiger partial charge in [-0.1, -0.05) is 30.3 Å². The first-order valence-electron chi connectivity index (χ1n) is 6.36. The third kappa shape index (κ3) is 1.76. The van der Waals surface area contributed by atoms with Crippen molar-refractivity contribution < 1.29 is 0 Å². The van der Waals surface area contributed by atoms with Crippen LogP contribution in [0.5, 0.6) is 0 Å². The lowest BCUT2D eigenvalue weighted by Crippen LogP contribution is -2.33. The van der Waals surface area contributed by atoms with Gasteiger partial charge in [-0.05, 0) is 31.4 Å². The van der Waals surface area contributed by atoms with Gasteiger partial charge in [-0.3, -0.25) is 4.90 Å². The largest absolute Gasteiger partial charge is 0.312 e. The highest BCUT2D eigenvalue weighted by Crippen LogP contribution is 2.32. The molecule has 1 aromatic carbocycles. The molecule has 2 aliphatic rings. The number of nitrogens with zero attached hydrogens (tertiary/aromatic N) is 1. The number of nitrogens with one attached hydrogen (secondary N) is 1. The van der Waals surface area contributed by atoms with E-state index in [0.29, 0.717) is 6.04 Å². The van der Waals surface area contributed by atoms with E-state index in [1.165, 1.54) is 25.1 Å². The van der Waals surface area contributed by atoms with Crippen molar-refractivity contribution in [2.75, 3.05) is 13.1 Å². The van der Waals surface area contributed by atoms with E-state index in [1.54, 1.807) is 0 Å². The molecule has 2 aliphatic heterocycles. The SMILES string of the molecule is CC1NC[C@@H]2C1CCN2Cc1ccccc1. The van der Waals surface area contributed by atoms with Crippen LogP contribution in [-0.2, 0) is 6.54 Å². The Morgan fingerprint density at radius 2 is 2.12 bits per heavy atom. The third-order valence-electron chi connectivity index (χ3n) is 4.23. The molecule has 0 bridgehead atoms. The van der Waals surface area contributed by atoms with Crippen LogP contribution in [0.3, 0.4) is 0 Å². The van der Waals surface area contributed by atoms with Crippen molar-refractivity contribution in [2.24, 2.45) is 5.92 Å². The van der Waals surface area contributed by atoms with E-state index >= 15 is 0 Å². The zero-order valence-electron chi connectivity index (χ0n) is 9.89. The second-order valence-corrected chi connectivity index (χ2v) is 5.17. The summed E-state index contributed by atoms with van der Waals surface area (Å²) < 4.78 is 0. The minimum absolute atomic E-state index is 0.714. The first-order chi connectivity index (χ1) is 7.84. The molecule has 3 rings (SSSR count). The van der Waals surface area contributed by atoms with E-state index in [0.717, 1.165) is 18.5 Å². The molecular weight excluding hydrogens is 196 g/mol. The van der Waals surface area contributed by atoms with Crippen LogP contribution in [0.25, 0.3) is 0 Å². The van der Waals surface area contributed by atoms with Crippen molar-refractivity contribution in [3.8, 4) is 0 Å². The van der Waals surface area contributed by atoms with Crippen molar-refractivity contribution in [3.05, 3.63) is 35.9 Å². The molecule has 2 saturated heterocycles. The fourth-order valence-corrected chi connectivity index (χ4v) is 3.28. The van der Waals surface area contributed by atoms with Gasteiger partial charge in [0, 0.05) is 25.2 Å². The summed E-state index contributed by atoms with van der Waals surface area (Å²) >= 11 is 0. The van der Waals surface area contributed by atoms with Crippen molar-refractivity contribution in [2.45, 2.75) is 32.0 Å². The van der Waals surface area contributed by atoms with Gasteiger partial charge in [0.05, 0.1) is 0 Å². The molecule has 1 aromatic rings. The second kappa shape index (κ2) is 4.19. The molecule has 86 valence electrons. The maximum atomic E-state index is 3.60. The molecule has 1 N–H and O–H groups in total. The lowest BCUT2D eigenvalue weighted by molar-refractivity contribution is 0.242. The fraction of sp³-hybridized carbons (Fsp3) is 0.571. The highest BCUT2D eigenvalue weighted by atomic mass is 15.2. The van der Waals surface area contributed by atoms with E-state index in [-0.39, 0.29) is 0 Å². The van der Waals surface area contributed by atoms with Gasteiger partial charge >= 0.3 is 0 Å². The molecule has 2 heterocycles. The Morgan fingerprint density at radius 3 is 2.94 bits per heavy atom. The van der Waals surface area contributed by atoms with E-state index in [4.69, 9.17) is 0 Å². The van der Waals surface area contributed by atoms with Crippen molar-refractivity contribution in [3.63, 3.8) is 0 Å². The number of hydrogen-bond donors (Lipinski definition) is 1. The first kappa shape index (κ1) is 10.3. The molecule has 3 atom stereocenters. The molecule has 0 radical (unpaired) electrons. The number of hydrogen-bond acceptors (Lipinski definition) is 2. The fourth-order valence-electron chi connectivity index (χ4n) is 3.28. The molecule has 2 heteroatoms. The van der Waals surface area contributed by atoms with Crippen LogP contribution >= 0.6 is 0 Å². The quantitative estimate of drug-likeness (QED) is 0.812. The smallest absolute Gasteiger partial charge is 0.0267 e. The Morgan fingerprint density at radius 1 is 1.31 bits per heavy atom. The highest BCUT2D eigenvalue weighted by Gasteiger charge is 2.41. The summed E-state index contributed by atoms with van der Waals surface area (Å²) in [6, 6.07) is 12.3. The first-order valence-corrected chi connectivity index (χ1v) is 6.36. The van der Waals surface area contributed by atoms with Gasteiger partial charge in [0.15, 0.2) is 0 Å². The molecule has 0 amide bonds. The van der Waals surface area contributed by atoms with Crippen molar-refractivity contribution >= 4 is 0 Å². The standard InChI is InChI=1S/C14H20N2/c1-11-13-7-8-16(14(13)9-15-11)10-12-5-3-2-4-6-12/h2-6,11,13-15H,7-10H2,1H3/t11?,13?,14-/m1/s1. The predicted octanol–water partition coefficient (Wildman–Crippen LogP) is 1.87. The maximum Gasteiger partial charge on any atom is 0.0267 e. The average Bonchev–Trinajstić information content (AvgIpc) is 2.86. The van der Waals surface area contributed by atoms with Gasteiger partial charge < -0.3 is 5.32 Å². The van der Waals surface area contributed by atoms with Crippen LogP contribution in [0.4, 0.5) is 0 Å². The van der Waals surface area contributed by atoms with Crippen molar-refractivity contribution in [1.29, 1.82) is 0 Å². The predicted molar refractivity (Wildman–Crippen MR) is 66.2 cm³/mol. The van der Waals surface area contributed by atoms with Crippen LogP contribution in [0.2, 0.25) is 0 Å². The van der Waals surface area contributed by atoms with Crippen LogP contribution < -0.4 is 5.32 Å². The molecule has 0 aromatic heterocycles. The lowest BCUT2D eigenvalue weighted by atomic mass is 9.98. The minimum Gasteiger partial charge on any atom is -0.312 e. The number of fused-ring (bicyclic) bond motifs is 1. The monoisotopic (exact) mass is 216 g/mol. The molecule has 16 heavy (non-hydrogen) atoms. The van der Waals surface area contributed by atoms with Crippen LogP contribution in [0.15, 0.2) is 30.3 Å². The maximum absolute atomic E-state index is 3.60. The summed E-state index contributed by atoms with van der Waals surface area (Å²) in [4.78, 5) is 2.65. The van der Waals surface area contributed by atoms with Crippen LogP contribution in [0, 0.1) is 5.92 Å². The Labute approximate surface area is 97.6 Å². The minimum atomic E-state index is 0.714. The van der Waals surface area contributed by atoms with Gasteiger partial charge in [0.25, 0.3) is 0 Å². The topological polar surface area (TPSA) is 15.3 Å². The Hall–Kier alpha value is -0.860. The molecule has 2 unspecified atom stereocenters. The summed E-state index contributed by atoms with van der Waals surface area (Å²) in [6.45, 7) is 5.90. The van der Waals surface area contributed by atoms with Gasteiger partial charge in [-0.2, -0.15) is 0 Å². The van der Waals surface area contributed by atoms with Gasteiger partial charge in [-0.25, -0.2) is 0 Å². The van der Waals surface area contributed by atoms with Crippen LogP contribution in [0.1, 0.15) is 18.9 Å². The van der Waals surface area contributed by atoms with E-state index in [2.05, 4.69) is 47.5 Å². The Balaban J connectivity index is 1.69. The highest BCUT2D eigenvalue weighted by molar-refractivity contribution is 5.15. The lowest BCUT2D eigenvalue weighted by Gasteiger charge is -2.23. The normalized spacial score (nSPS) is 34.2. The van der Waals surface area contributed by atoms with Crippen LogP contribution in [-0.4, -0.2) is 30.1 Å². The number of rotatable bonds is 2. The zero-order valence-corrected chi connectivity index (χ0v) is 9.89. The molecule has 2 fully saturated rings. The van der Waals surface area contributed by atoms with Gasteiger partial charge in [0.1, 0.15) is 0 Å². The molecule has 2 nitrogen and oxygen atoms in total. The second-order valence-electron chi connectivity index (χ2n) is 5.17. The van der Waals surface area contributed by atoms with Gasteiger partial charge in [-0.15, -0.1) is 0 Å². The number of likely N-dealkylation sites (tertiary alicyclic amines) is 1. The molecule has 0 aliphatic carbocycles. The van der Waals surface area contributed by atoms with E-state index < -0.39 is 0 Å². The Kier molecular flexibility index (Phi) is 2.70. The Bertz CT molecular complexity index is 349.